The molecule has 6 heteroatoms. The Hall–Kier alpha value is -1.53. The van der Waals surface area contributed by atoms with Gasteiger partial charge in [0.25, 0.3) is 5.91 Å². The largest absolute Gasteiger partial charge is 0.397 e. The van der Waals surface area contributed by atoms with Crippen molar-refractivity contribution in [3.63, 3.8) is 0 Å². The molecule has 1 saturated heterocycles. The lowest BCUT2D eigenvalue weighted by Crippen LogP contribution is -2.31. The van der Waals surface area contributed by atoms with Gasteiger partial charge >= 0.3 is 0 Å². The van der Waals surface area contributed by atoms with E-state index in [1.165, 1.54) is 0 Å². The zero-order valence-corrected chi connectivity index (χ0v) is 11.9. The van der Waals surface area contributed by atoms with Gasteiger partial charge in [0.15, 0.2) is 0 Å². The van der Waals surface area contributed by atoms with Crippen molar-refractivity contribution >= 4 is 11.6 Å². The fraction of sp³-hybridized carbons (Fsp3) is 0.643. The van der Waals surface area contributed by atoms with Crippen LogP contribution in [0.1, 0.15) is 29.4 Å². The third kappa shape index (κ3) is 2.29. The standard InChI is InChI=1S/C14H21N3O3/c1-19-12-7-16(8-13(12)20-2)14(18)11-5-9(15)6-17(11)10-3-4-10/h5-6,10,12-13H,3-4,7-8,15H2,1-2H3. The van der Waals surface area contributed by atoms with Crippen molar-refractivity contribution in [2.24, 2.45) is 0 Å². The molecule has 0 aromatic carbocycles. The van der Waals surface area contributed by atoms with Crippen LogP contribution in [0.2, 0.25) is 0 Å². The van der Waals surface area contributed by atoms with Crippen molar-refractivity contribution in [3.05, 3.63) is 18.0 Å². The van der Waals surface area contributed by atoms with Crippen molar-refractivity contribution in [2.75, 3.05) is 33.0 Å². The number of rotatable bonds is 4. The van der Waals surface area contributed by atoms with Gasteiger partial charge in [-0.25, -0.2) is 0 Å². The van der Waals surface area contributed by atoms with Crippen molar-refractivity contribution in [1.29, 1.82) is 0 Å². The SMILES string of the molecule is COC1CN(C(=O)c2cc(N)cn2C2CC2)CC1OC. The molecule has 1 aromatic rings. The highest BCUT2D eigenvalue weighted by Gasteiger charge is 2.37. The lowest BCUT2D eigenvalue weighted by atomic mass is 10.3. The molecule has 2 unspecified atom stereocenters. The van der Waals surface area contributed by atoms with Crippen LogP contribution in [-0.2, 0) is 9.47 Å². The topological polar surface area (TPSA) is 69.7 Å². The highest BCUT2D eigenvalue weighted by Crippen LogP contribution is 2.37. The quantitative estimate of drug-likeness (QED) is 0.888. The maximum absolute atomic E-state index is 12.7. The Bertz CT molecular complexity index is 498. The minimum atomic E-state index is -0.0642. The van der Waals surface area contributed by atoms with Gasteiger partial charge in [0.2, 0.25) is 0 Å². The molecule has 2 aliphatic rings. The molecule has 1 aliphatic heterocycles. The smallest absolute Gasteiger partial charge is 0.270 e. The first-order valence-corrected chi connectivity index (χ1v) is 6.96. The van der Waals surface area contributed by atoms with E-state index in [2.05, 4.69) is 0 Å². The van der Waals surface area contributed by atoms with Crippen LogP contribution in [-0.4, -0.2) is 54.9 Å². The molecule has 0 bridgehead atoms. The molecular weight excluding hydrogens is 258 g/mol. The van der Waals surface area contributed by atoms with Crippen LogP contribution in [0.5, 0.6) is 0 Å². The average molecular weight is 279 g/mol. The molecule has 0 spiro atoms. The summed E-state index contributed by atoms with van der Waals surface area (Å²) in [5.74, 6) is 0.00944. The third-order valence-corrected chi connectivity index (χ3v) is 4.14. The number of carbonyl (C=O) groups is 1. The summed E-state index contributed by atoms with van der Waals surface area (Å²) >= 11 is 0. The molecule has 2 N–H and O–H groups in total. The van der Waals surface area contributed by atoms with E-state index in [9.17, 15) is 4.79 Å². The minimum Gasteiger partial charge on any atom is -0.397 e. The van der Waals surface area contributed by atoms with Crippen LogP contribution in [0.15, 0.2) is 12.3 Å². The lowest BCUT2D eigenvalue weighted by molar-refractivity contribution is -0.00461. The zero-order chi connectivity index (χ0) is 14.3. The van der Waals surface area contributed by atoms with Gasteiger partial charge in [-0.3, -0.25) is 4.79 Å². The molecule has 2 atom stereocenters. The second-order valence-corrected chi connectivity index (χ2v) is 5.56. The van der Waals surface area contributed by atoms with E-state index in [4.69, 9.17) is 15.2 Å². The molecule has 1 amide bonds. The molecule has 110 valence electrons. The molecule has 1 aliphatic carbocycles. The molecule has 20 heavy (non-hydrogen) atoms. The van der Waals surface area contributed by atoms with Crippen LogP contribution < -0.4 is 5.73 Å². The lowest BCUT2D eigenvalue weighted by Gasteiger charge is -2.17. The fourth-order valence-corrected chi connectivity index (χ4v) is 2.85. The highest BCUT2D eigenvalue weighted by atomic mass is 16.5. The number of aromatic nitrogens is 1. The van der Waals surface area contributed by atoms with Crippen molar-refractivity contribution in [2.45, 2.75) is 31.1 Å². The van der Waals surface area contributed by atoms with Crippen LogP contribution in [0, 0.1) is 0 Å². The van der Waals surface area contributed by atoms with Gasteiger partial charge in [-0.05, 0) is 18.9 Å². The highest BCUT2D eigenvalue weighted by molar-refractivity contribution is 5.94. The Morgan fingerprint density at radius 3 is 2.35 bits per heavy atom. The van der Waals surface area contributed by atoms with E-state index in [0.29, 0.717) is 30.5 Å². The van der Waals surface area contributed by atoms with Crippen molar-refractivity contribution in [3.8, 4) is 0 Å². The summed E-state index contributed by atoms with van der Waals surface area (Å²) in [4.78, 5) is 14.5. The second-order valence-electron chi connectivity index (χ2n) is 5.56. The van der Waals surface area contributed by atoms with Gasteiger partial charge in [0.05, 0.1) is 5.69 Å². The van der Waals surface area contributed by atoms with Crippen LogP contribution >= 0.6 is 0 Å². The summed E-state index contributed by atoms with van der Waals surface area (Å²) in [6, 6.07) is 2.20. The molecule has 6 nitrogen and oxygen atoms in total. The maximum atomic E-state index is 12.7. The van der Waals surface area contributed by atoms with Crippen LogP contribution in [0.4, 0.5) is 5.69 Å². The first kappa shape index (κ1) is 13.5. The molecule has 2 fully saturated rings. The number of hydrogen-bond donors (Lipinski definition) is 1. The molecule has 1 saturated carbocycles. The summed E-state index contributed by atoms with van der Waals surface area (Å²) in [5, 5.41) is 0. The number of hydrogen-bond acceptors (Lipinski definition) is 4. The maximum Gasteiger partial charge on any atom is 0.270 e. The van der Waals surface area contributed by atoms with Crippen molar-refractivity contribution < 1.29 is 14.3 Å². The summed E-state index contributed by atoms with van der Waals surface area (Å²) in [7, 11) is 3.30. The molecule has 2 heterocycles. The van der Waals surface area contributed by atoms with Crippen LogP contribution in [0.25, 0.3) is 0 Å². The summed E-state index contributed by atoms with van der Waals surface area (Å²) in [5.41, 5.74) is 7.17. The van der Waals surface area contributed by atoms with Crippen molar-refractivity contribution in [1.82, 2.24) is 9.47 Å². The van der Waals surface area contributed by atoms with Gasteiger partial charge in [-0.15, -0.1) is 0 Å². The van der Waals surface area contributed by atoms with Crippen LogP contribution in [0.3, 0.4) is 0 Å². The van der Waals surface area contributed by atoms with E-state index >= 15 is 0 Å². The van der Waals surface area contributed by atoms with Gasteiger partial charge in [-0.2, -0.15) is 0 Å². The minimum absolute atomic E-state index is 0.00944. The number of nitrogen functional groups attached to an aromatic ring is 1. The Labute approximate surface area is 118 Å². The second kappa shape index (κ2) is 5.10. The molecule has 0 radical (unpaired) electrons. The molecule has 1 aromatic heterocycles. The summed E-state index contributed by atoms with van der Waals surface area (Å²) in [6.07, 6.45) is 3.98. The number of carbonyl (C=O) groups excluding carboxylic acids is 1. The van der Waals surface area contributed by atoms with Gasteiger partial charge in [0, 0.05) is 39.5 Å². The number of ether oxygens (including phenoxy) is 2. The Morgan fingerprint density at radius 2 is 1.85 bits per heavy atom. The normalized spacial score (nSPS) is 26.2. The molecular formula is C14H21N3O3. The van der Waals surface area contributed by atoms with E-state index in [0.717, 1.165) is 12.8 Å². The van der Waals surface area contributed by atoms with E-state index in [-0.39, 0.29) is 18.1 Å². The number of methoxy groups -OCH3 is 2. The Morgan fingerprint density at radius 1 is 1.25 bits per heavy atom. The number of nitrogens with two attached hydrogens (primary N) is 1. The number of nitrogens with zero attached hydrogens (tertiary/aromatic N) is 2. The predicted octanol–water partition coefficient (Wildman–Crippen LogP) is 0.891. The zero-order valence-electron chi connectivity index (χ0n) is 11.9. The number of anilines is 1. The first-order chi connectivity index (χ1) is 9.63. The van der Waals surface area contributed by atoms with E-state index in [1.54, 1.807) is 25.2 Å². The number of likely N-dealkylation sites (tertiary alicyclic amines) is 1. The Balaban J connectivity index is 1.79. The van der Waals surface area contributed by atoms with Gasteiger partial charge in [-0.1, -0.05) is 0 Å². The third-order valence-electron chi connectivity index (χ3n) is 4.14. The number of amides is 1. The first-order valence-electron chi connectivity index (χ1n) is 6.96. The molecule has 3 rings (SSSR count). The fourth-order valence-electron chi connectivity index (χ4n) is 2.85. The van der Waals surface area contributed by atoms with E-state index < -0.39 is 0 Å². The predicted molar refractivity (Wildman–Crippen MR) is 74.6 cm³/mol. The van der Waals surface area contributed by atoms with Gasteiger partial charge in [0.1, 0.15) is 17.9 Å². The summed E-state index contributed by atoms with van der Waals surface area (Å²) in [6.45, 7) is 1.12. The van der Waals surface area contributed by atoms with Gasteiger partial charge < -0.3 is 24.7 Å². The van der Waals surface area contributed by atoms with E-state index in [1.807, 2.05) is 10.8 Å². The Kier molecular flexibility index (Phi) is 3.43. The monoisotopic (exact) mass is 279 g/mol. The summed E-state index contributed by atoms with van der Waals surface area (Å²) < 4.78 is 12.8. The average Bonchev–Trinajstić information content (AvgIpc) is 3.09.